The summed E-state index contributed by atoms with van der Waals surface area (Å²) in [6, 6.07) is 0. The van der Waals surface area contributed by atoms with E-state index in [2.05, 4.69) is 9.97 Å². The van der Waals surface area contributed by atoms with Gasteiger partial charge in [0.05, 0.1) is 5.56 Å². The van der Waals surface area contributed by atoms with Crippen LogP contribution in [0.25, 0.3) is 0 Å². The number of carbonyl (C=O) groups excluding carboxylic acids is 1. The smallest absolute Gasteiger partial charge is 0.162 e. The van der Waals surface area contributed by atoms with Crippen molar-refractivity contribution in [1.82, 2.24) is 9.97 Å². The van der Waals surface area contributed by atoms with Crippen molar-refractivity contribution in [2.75, 3.05) is 0 Å². The Morgan fingerprint density at radius 1 is 1.27 bits per heavy atom. The van der Waals surface area contributed by atoms with Crippen LogP contribution < -0.4 is 0 Å². The third-order valence-electron chi connectivity index (χ3n) is 0.967. The van der Waals surface area contributed by atoms with Crippen LogP contribution in [0.15, 0.2) is 18.7 Å². The molecule has 0 saturated carbocycles. The van der Waals surface area contributed by atoms with E-state index in [1.54, 1.807) is 0 Å². The second-order valence-corrected chi connectivity index (χ2v) is 1.68. The molecular weight excluding hydrogens is 140 g/mol. The summed E-state index contributed by atoms with van der Waals surface area (Å²) in [5.74, 6) is -0.00407. The zero-order valence-electron chi connectivity index (χ0n) is 7.03. The van der Waals surface area contributed by atoms with E-state index < -0.39 is 0 Å². The quantitative estimate of drug-likeness (QED) is 0.575. The summed E-state index contributed by atoms with van der Waals surface area (Å²) >= 11 is 0. The number of Topliss-reactive ketones (excluding diaryl/α,β-unsaturated/α-hetero) is 1. The van der Waals surface area contributed by atoms with E-state index in [4.69, 9.17) is 0 Å². The first-order valence-electron chi connectivity index (χ1n) is 3.56. The van der Waals surface area contributed by atoms with E-state index in [1.165, 1.54) is 25.6 Å². The monoisotopic (exact) mass is 152 g/mol. The van der Waals surface area contributed by atoms with Gasteiger partial charge in [-0.15, -0.1) is 0 Å². The van der Waals surface area contributed by atoms with Crippen molar-refractivity contribution in [3.63, 3.8) is 0 Å². The van der Waals surface area contributed by atoms with Crippen LogP contribution in [0.2, 0.25) is 0 Å². The lowest BCUT2D eigenvalue weighted by molar-refractivity contribution is 0.101. The molecule has 0 unspecified atom stereocenters. The molecule has 60 valence electrons. The Kier molecular flexibility index (Phi) is 4.90. The zero-order chi connectivity index (χ0) is 8.69. The molecule has 0 aliphatic rings. The van der Waals surface area contributed by atoms with Crippen molar-refractivity contribution in [2.45, 2.75) is 20.8 Å². The first-order valence-corrected chi connectivity index (χ1v) is 3.56. The normalized spacial score (nSPS) is 7.91. The highest BCUT2D eigenvalue weighted by atomic mass is 16.1. The van der Waals surface area contributed by atoms with Crippen LogP contribution in [0.1, 0.15) is 31.1 Å². The van der Waals surface area contributed by atoms with E-state index in [9.17, 15) is 4.79 Å². The van der Waals surface area contributed by atoms with E-state index in [1.807, 2.05) is 13.8 Å². The number of rotatable bonds is 1. The number of hydrogen-bond donors (Lipinski definition) is 0. The molecule has 1 rings (SSSR count). The lowest BCUT2D eigenvalue weighted by Gasteiger charge is -1.87. The molecule has 0 aliphatic carbocycles. The molecule has 0 saturated heterocycles. The first-order chi connectivity index (χ1) is 5.30. The largest absolute Gasteiger partial charge is 0.294 e. The molecule has 0 N–H and O–H groups in total. The van der Waals surface area contributed by atoms with Gasteiger partial charge in [0.1, 0.15) is 6.33 Å². The van der Waals surface area contributed by atoms with E-state index in [-0.39, 0.29) is 5.78 Å². The van der Waals surface area contributed by atoms with Crippen LogP contribution in [-0.2, 0) is 0 Å². The van der Waals surface area contributed by atoms with Gasteiger partial charge in [-0.05, 0) is 6.92 Å². The van der Waals surface area contributed by atoms with Gasteiger partial charge in [0.15, 0.2) is 5.78 Å². The van der Waals surface area contributed by atoms with Crippen LogP contribution in [0.3, 0.4) is 0 Å². The van der Waals surface area contributed by atoms with Crippen molar-refractivity contribution in [2.24, 2.45) is 0 Å². The summed E-state index contributed by atoms with van der Waals surface area (Å²) in [5.41, 5.74) is 0.553. The van der Waals surface area contributed by atoms with Crippen molar-refractivity contribution >= 4 is 5.78 Å². The molecule has 0 bridgehead atoms. The summed E-state index contributed by atoms with van der Waals surface area (Å²) in [6.45, 7) is 5.48. The van der Waals surface area contributed by atoms with Gasteiger partial charge >= 0.3 is 0 Å². The average Bonchev–Trinajstić information content (AvgIpc) is 2.10. The number of carbonyl (C=O) groups is 1. The van der Waals surface area contributed by atoms with Crippen molar-refractivity contribution in [3.8, 4) is 0 Å². The number of hydrogen-bond acceptors (Lipinski definition) is 3. The Morgan fingerprint density at radius 3 is 2.00 bits per heavy atom. The third kappa shape index (κ3) is 3.45. The van der Waals surface area contributed by atoms with Gasteiger partial charge in [-0.2, -0.15) is 0 Å². The van der Waals surface area contributed by atoms with Crippen LogP contribution in [0.4, 0.5) is 0 Å². The van der Waals surface area contributed by atoms with E-state index >= 15 is 0 Å². The zero-order valence-corrected chi connectivity index (χ0v) is 7.03. The molecular formula is C8H12N2O. The molecule has 1 aromatic rings. The Hall–Kier alpha value is -1.25. The van der Waals surface area contributed by atoms with E-state index in [0.717, 1.165) is 0 Å². The van der Waals surface area contributed by atoms with Crippen LogP contribution >= 0.6 is 0 Å². The summed E-state index contributed by atoms with van der Waals surface area (Å²) in [4.78, 5) is 17.9. The van der Waals surface area contributed by atoms with Gasteiger partial charge in [0.2, 0.25) is 0 Å². The molecule has 0 atom stereocenters. The minimum atomic E-state index is -0.00407. The van der Waals surface area contributed by atoms with E-state index in [0.29, 0.717) is 5.56 Å². The van der Waals surface area contributed by atoms with Gasteiger partial charge in [-0.25, -0.2) is 9.97 Å². The van der Waals surface area contributed by atoms with Gasteiger partial charge < -0.3 is 0 Å². The van der Waals surface area contributed by atoms with Gasteiger partial charge in [0.25, 0.3) is 0 Å². The molecule has 0 aliphatic heterocycles. The highest BCUT2D eigenvalue weighted by molar-refractivity contribution is 5.93. The molecule has 1 heterocycles. The molecule has 1 aromatic heterocycles. The second-order valence-electron chi connectivity index (χ2n) is 1.68. The highest BCUT2D eigenvalue weighted by Gasteiger charge is 1.94. The van der Waals surface area contributed by atoms with Crippen molar-refractivity contribution < 1.29 is 4.79 Å². The Labute approximate surface area is 66.5 Å². The maximum Gasteiger partial charge on any atom is 0.162 e. The molecule has 0 radical (unpaired) electrons. The average molecular weight is 152 g/mol. The van der Waals surface area contributed by atoms with Gasteiger partial charge in [-0.3, -0.25) is 4.79 Å². The lowest BCUT2D eigenvalue weighted by atomic mass is 10.2. The van der Waals surface area contributed by atoms with Gasteiger partial charge in [-0.1, -0.05) is 13.8 Å². The molecule has 3 nitrogen and oxygen atoms in total. The van der Waals surface area contributed by atoms with Crippen molar-refractivity contribution in [1.29, 1.82) is 0 Å². The predicted molar refractivity (Wildman–Crippen MR) is 43.4 cm³/mol. The third-order valence-corrected chi connectivity index (χ3v) is 0.967. The summed E-state index contributed by atoms with van der Waals surface area (Å²) in [5, 5.41) is 0. The fraction of sp³-hybridized carbons (Fsp3) is 0.375. The Balaban J connectivity index is 0.000000461. The van der Waals surface area contributed by atoms with Crippen molar-refractivity contribution in [3.05, 3.63) is 24.3 Å². The SMILES string of the molecule is CC.CC(=O)c1cncnc1. The number of ketones is 1. The summed E-state index contributed by atoms with van der Waals surface area (Å²) < 4.78 is 0. The number of nitrogens with zero attached hydrogens (tertiary/aromatic N) is 2. The minimum absolute atomic E-state index is 0.00407. The first kappa shape index (κ1) is 9.75. The molecule has 0 aromatic carbocycles. The predicted octanol–water partition coefficient (Wildman–Crippen LogP) is 1.71. The fourth-order valence-corrected chi connectivity index (χ4v) is 0.481. The van der Waals surface area contributed by atoms with Crippen LogP contribution in [0.5, 0.6) is 0 Å². The molecule has 3 heteroatoms. The molecule has 11 heavy (non-hydrogen) atoms. The highest BCUT2D eigenvalue weighted by Crippen LogP contribution is 1.91. The van der Waals surface area contributed by atoms with Crippen LogP contribution in [0, 0.1) is 0 Å². The second kappa shape index (κ2) is 5.53. The Morgan fingerprint density at radius 2 is 1.73 bits per heavy atom. The van der Waals surface area contributed by atoms with Gasteiger partial charge in [0, 0.05) is 12.4 Å². The topological polar surface area (TPSA) is 42.9 Å². The molecule has 0 spiro atoms. The summed E-state index contributed by atoms with van der Waals surface area (Å²) in [6.07, 6.45) is 4.39. The molecule has 0 fully saturated rings. The summed E-state index contributed by atoms with van der Waals surface area (Å²) in [7, 11) is 0. The number of aromatic nitrogens is 2. The molecule has 0 amide bonds. The van der Waals surface area contributed by atoms with Crippen LogP contribution in [-0.4, -0.2) is 15.8 Å². The lowest BCUT2D eigenvalue weighted by Crippen LogP contribution is -1.92. The minimum Gasteiger partial charge on any atom is -0.294 e. The maximum atomic E-state index is 10.6. The Bertz CT molecular complexity index is 209. The standard InChI is InChI=1S/C6H6N2O.C2H6/c1-5(9)6-2-7-4-8-3-6;1-2/h2-4H,1H3;1-2H3. The maximum absolute atomic E-state index is 10.6. The fourth-order valence-electron chi connectivity index (χ4n) is 0.481.